The minimum absolute atomic E-state index is 0.0554. The minimum Gasteiger partial charge on any atom is -0.326 e. The number of hydrogen-bond acceptors (Lipinski definition) is 4. The fraction of sp³-hybridized carbons (Fsp3) is 0.389. The van der Waals surface area contributed by atoms with Gasteiger partial charge in [0.05, 0.1) is 23.3 Å². The van der Waals surface area contributed by atoms with E-state index in [1.807, 2.05) is 25.6 Å². The number of likely N-dealkylation sites (N-methyl/N-ethyl adjacent to an activating group) is 1. The van der Waals surface area contributed by atoms with Crippen molar-refractivity contribution >= 4 is 22.6 Å². The maximum Gasteiger partial charge on any atom is 0.323 e. The number of aromatic amines is 2. The van der Waals surface area contributed by atoms with Crippen LogP contribution in [0.15, 0.2) is 29.1 Å². The van der Waals surface area contributed by atoms with E-state index in [1.165, 1.54) is 0 Å². The van der Waals surface area contributed by atoms with E-state index in [-0.39, 0.29) is 11.6 Å². The highest BCUT2D eigenvalue weighted by molar-refractivity contribution is 5.93. The van der Waals surface area contributed by atoms with Crippen LogP contribution in [0.1, 0.15) is 17.8 Å². The van der Waals surface area contributed by atoms with Crippen molar-refractivity contribution in [2.24, 2.45) is 0 Å². The number of hydrogen-bond donors (Lipinski definition) is 3. The van der Waals surface area contributed by atoms with E-state index in [2.05, 4.69) is 31.3 Å². The number of nitrogens with one attached hydrogen (secondary N) is 3. The van der Waals surface area contributed by atoms with Crippen LogP contribution in [0.5, 0.6) is 0 Å². The number of nitrogens with zero attached hydrogens (tertiary/aromatic N) is 3. The largest absolute Gasteiger partial charge is 0.326 e. The van der Waals surface area contributed by atoms with Gasteiger partial charge in [0.1, 0.15) is 0 Å². The van der Waals surface area contributed by atoms with E-state index < -0.39 is 0 Å². The smallest absolute Gasteiger partial charge is 0.323 e. The number of H-pyrrole nitrogens is 2. The molecule has 1 aromatic carbocycles. The van der Waals surface area contributed by atoms with E-state index >= 15 is 0 Å². The number of rotatable bonds is 7. The van der Waals surface area contributed by atoms with Crippen LogP contribution in [-0.2, 0) is 11.3 Å². The second kappa shape index (κ2) is 7.57. The standard InChI is InChI=1S/C18H24N6O2/c1-12-10-13(2)24(22-12)9-8-23(3)7-6-17(25)19-14-4-5-15-16(11-14)21-18(26)20-15/h4-5,10-11H,6-9H2,1-3H3,(H,19,25)(H2,20,21,26). The predicted molar refractivity (Wildman–Crippen MR) is 101 cm³/mol. The van der Waals surface area contributed by atoms with Crippen molar-refractivity contribution in [3.63, 3.8) is 0 Å². The highest BCUT2D eigenvalue weighted by Crippen LogP contribution is 2.14. The molecule has 2 heterocycles. The van der Waals surface area contributed by atoms with Gasteiger partial charge in [0.2, 0.25) is 5.91 Å². The number of amides is 1. The highest BCUT2D eigenvalue weighted by atomic mass is 16.1. The van der Waals surface area contributed by atoms with Gasteiger partial charge in [0.25, 0.3) is 0 Å². The summed E-state index contributed by atoms with van der Waals surface area (Å²) >= 11 is 0. The topological polar surface area (TPSA) is 98.8 Å². The van der Waals surface area contributed by atoms with E-state index in [4.69, 9.17) is 0 Å². The van der Waals surface area contributed by atoms with Gasteiger partial charge >= 0.3 is 5.69 Å². The average Bonchev–Trinajstić information content (AvgIpc) is 3.11. The molecule has 0 spiro atoms. The molecular formula is C18H24N6O2. The van der Waals surface area contributed by atoms with Crippen molar-refractivity contribution < 1.29 is 4.79 Å². The summed E-state index contributed by atoms with van der Waals surface area (Å²) < 4.78 is 1.98. The van der Waals surface area contributed by atoms with Crippen molar-refractivity contribution in [2.45, 2.75) is 26.8 Å². The zero-order valence-corrected chi connectivity index (χ0v) is 15.3. The molecule has 3 N–H and O–H groups in total. The van der Waals surface area contributed by atoms with Gasteiger partial charge in [-0.25, -0.2) is 4.79 Å². The molecule has 3 aromatic rings. The Balaban J connectivity index is 1.46. The van der Waals surface area contributed by atoms with Crippen LogP contribution in [0.2, 0.25) is 0 Å². The third kappa shape index (κ3) is 4.40. The number of benzene rings is 1. The molecule has 1 amide bonds. The fourth-order valence-electron chi connectivity index (χ4n) is 2.90. The maximum atomic E-state index is 12.2. The Morgan fingerprint density at radius 2 is 1.96 bits per heavy atom. The summed E-state index contributed by atoms with van der Waals surface area (Å²) in [7, 11) is 2.00. The molecule has 0 radical (unpaired) electrons. The molecule has 8 heteroatoms. The Morgan fingerprint density at radius 3 is 2.69 bits per heavy atom. The zero-order valence-electron chi connectivity index (χ0n) is 15.3. The van der Waals surface area contributed by atoms with Crippen LogP contribution in [0.4, 0.5) is 5.69 Å². The van der Waals surface area contributed by atoms with Gasteiger partial charge in [0, 0.05) is 30.9 Å². The normalized spacial score (nSPS) is 11.4. The number of carbonyl (C=O) groups is 1. The Labute approximate surface area is 151 Å². The lowest BCUT2D eigenvalue weighted by Crippen LogP contribution is -2.28. The Morgan fingerprint density at radius 1 is 1.19 bits per heavy atom. The molecule has 2 aromatic heterocycles. The maximum absolute atomic E-state index is 12.2. The van der Waals surface area contributed by atoms with E-state index in [0.717, 1.165) is 30.0 Å². The van der Waals surface area contributed by atoms with Gasteiger partial charge in [-0.15, -0.1) is 0 Å². The number of aryl methyl sites for hydroxylation is 2. The molecular weight excluding hydrogens is 332 g/mol. The molecule has 0 unspecified atom stereocenters. The second-order valence-electron chi connectivity index (χ2n) is 6.59. The number of anilines is 1. The molecule has 0 saturated carbocycles. The molecule has 0 saturated heterocycles. The highest BCUT2D eigenvalue weighted by Gasteiger charge is 2.08. The van der Waals surface area contributed by atoms with Crippen LogP contribution < -0.4 is 11.0 Å². The third-order valence-electron chi connectivity index (χ3n) is 4.32. The molecule has 0 fully saturated rings. The molecule has 138 valence electrons. The van der Waals surface area contributed by atoms with Crippen molar-refractivity contribution in [3.05, 3.63) is 46.1 Å². The second-order valence-corrected chi connectivity index (χ2v) is 6.59. The van der Waals surface area contributed by atoms with Crippen LogP contribution in [0.25, 0.3) is 11.0 Å². The third-order valence-corrected chi connectivity index (χ3v) is 4.32. The number of imidazole rings is 1. The van der Waals surface area contributed by atoms with Gasteiger partial charge in [0.15, 0.2) is 0 Å². The Hall–Kier alpha value is -2.87. The van der Waals surface area contributed by atoms with Gasteiger partial charge in [-0.1, -0.05) is 0 Å². The minimum atomic E-state index is -0.257. The van der Waals surface area contributed by atoms with Crippen LogP contribution in [0, 0.1) is 13.8 Å². The number of aromatic nitrogens is 4. The summed E-state index contributed by atoms with van der Waals surface area (Å²) in [6.45, 7) is 6.31. The molecule has 26 heavy (non-hydrogen) atoms. The van der Waals surface area contributed by atoms with Crippen molar-refractivity contribution in [1.82, 2.24) is 24.6 Å². The SMILES string of the molecule is Cc1cc(C)n(CCN(C)CCC(=O)Nc2ccc3[nH]c(=O)[nH]c3c2)n1. The van der Waals surface area contributed by atoms with Crippen LogP contribution >= 0.6 is 0 Å². The van der Waals surface area contributed by atoms with Gasteiger partial charge in [-0.3, -0.25) is 9.48 Å². The Kier molecular flexibility index (Phi) is 5.22. The number of carbonyl (C=O) groups excluding carboxylic acids is 1. The van der Waals surface area contributed by atoms with E-state index in [0.29, 0.717) is 24.2 Å². The average molecular weight is 356 g/mol. The van der Waals surface area contributed by atoms with Gasteiger partial charge < -0.3 is 20.2 Å². The van der Waals surface area contributed by atoms with E-state index in [1.54, 1.807) is 18.2 Å². The molecule has 0 atom stereocenters. The van der Waals surface area contributed by atoms with Crippen LogP contribution in [0.3, 0.4) is 0 Å². The summed E-state index contributed by atoms with van der Waals surface area (Å²) in [5, 5.41) is 7.31. The quantitative estimate of drug-likeness (QED) is 0.599. The first-order valence-corrected chi connectivity index (χ1v) is 8.62. The lowest BCUT2D eigenvalue weighted by molar-refractivity contribution is -0.116. The molecule has 8 nitrogen and oxygen atoms in total. The van der Waals surface area contributed by atoms with Crippen molar-refractivity contribution in [1.29, 1.82) is 0 Å². The van der Waals surface area contributed by atoms with Crippen LogP contribution in [-0.4, -0.2) is 50.7 Å². The lowest BCUT2D eigenvalue weighted by Gasteiger charge is -2.17. The number of fused-ring (bicyclic) bond motifs is 1. The molecule has 3 rings (SSSR count). The van der Waals surface area contributed by atoms with Gasteiger partial charge in [-0.05, 0) is 45.2 Å². The first kappa shape index (κ1) is 17.9. The molecule has 0 bridgehead atoms. The first-order valence-electron chi connectivity index (χ1n) is 8.62. The first-order chi connectivity index (χ1) is 12.4. The summed E-state index contributed by atoms with van der Waals surface area (Å²) in [6.07, 6.45) is 0.398. The Bertz CT molecular complexity index is 968. The molecule has 0 aliphatic carbocycles. The van der Waals surface area contributed by atoms with E-state index in [9.17, 15) is 9.59 Å². The fourth-order valence-corrected chi connectivity index (χ4v) is 2.90. The van der Waals surface area contributed by atoms with Crippen molar-refractivity contribution in [2.75, 3.05) is 25.5 Å². The summed E-state index contributed by atoms with van der Waals surface area (Å²) in [6, 6.07) is 7.35. The summed E-state index contributed by atoms with van der Waals surface area (Å²) in [5.74, 6) is -0.0554. The predicted octanol–water partition coefficient (Wildman–Crippen LogP) is 1.63. The molecule has 0 aliphatic rings. The summed E-state index contributed by atoms with van der Waals surface area (Å²) in [5.41, 5.74) is 3.97. The van der Waals surface area contributed by atoms with Crippen molar-refractivity contribution in [3.8, 4) is 0 Å². The zero-order chi connectivity index (χ0) is 18.7. The van der Waals surface area contributed by atoms with Gasteiger partial charge in [-0.2, -0.15) is 5.10 Å². The monoisotopic (exact) mass is 356 g/mol. The lowest BCUT2D eigenvalue weighted by atomic mass is 10.2. The molecule has 0 aliphatic heterocycles. The summed E-state index contributed by atoms with van der Waals surface area (Å²) in [4.78, 5) is 30.9.